The van der Waals surface area contributed by atoms with Gasteiger partial charge in [-0.05, 0) is 66.2 Å². The van der Waals surface area contributed by atoms with Gasteiger partial charge in [0.15, 0.2) is 0 Å². The zero-order valence-corrected chi connectivity index (χ0v) is 28.2. The van der Waals surface area contributed by atoms with E-state index in [0.29, 0.717) is 5.56 Å². The smallest absolute Gasteiger partial charge is 0.102 e. The van der Waals surface area contributed by atoms with E-state index >= 15 is 0 Å². The van der Waals surface area contributed by atoms with E-state index in [2.05, 4.69) is 117 Å². The number of para-hydroxylation sites is 3. The molecular formula is C46H27N7. The van der Waals surface area contributed by atoms with Crippen molar-refractivity contribution in [3.05, 3.63) is 170 Å². The van der Waals surface area contributed by atoms with Crippen LogP contribution in [0.25, 0.3) is 94.0 Å². The number of hydrogen-bond donors (Lipinski definition) is 0. The molecule has 7 heteroatoms. The Morgan fingerprint density at radius 1 is 0.415 bits per heavy atom. The Morgan fingerprint density at radius 2 is 0.830 bits per heavy atom. The van der Waals surface area contributed by atoms with E-state index in [4.69, 9.17) is 15.0 Å². The van der Waals surface area contributed by atoms with Crippen molar-refractivity contribution in [2.75, 3.05) is 0 Å². The predicted molar refractivity (Wildman–Crippen MR) is 213 cm³/mol. The Bertz CT molecular complexity index is 3140. The number of nitriles is 1. The zero-order chi connectivity index (χ0) is 35.0. The molecule has 6 heterocycles. The third-order valence-electron chi connectivity index (χ3n) is 10.4. The quantitative estimate of drug-likeness (QED) is 0.186. The molecule has 0 saturated carbocycles. The second-order valence-electron chi connectivity index (χ2n) is 13.2. The second-order valence-corrected chi connectivity index (χ2v) is 13.2. The summed E-state index contributed by atoms with van der Waals surface area (Å²) in [7, 11) is 0. The normalized spacial score (nSPS) is 11.8. The highest BCUT2D eigenvalue weighted by atomic mass is 15.1. The van der Waals surface area contributed by atoms with Crippen LogP contribution in [-0.4, -0.2) is 28.7 Å². The number of pyridine rings is 3. The molecule has 0 aliphatic rings. The monoisotopic (exact) mass is 677 g/mol. The highest BCUT2D eigenvalue weighted by Gasteiger charge is 2.29. The maximum absolute atomic E-state index is 11.5. The van der Waals surface area contributed by atoms with Gasteiger partial charge in [-0.3, -0.25) is 15.0 Å². The molecule has 11 rings (SSSR count). The average molecular weight is 678 g/mol. The van der Waals surface area contributed by atoms with Crippen LogP contribution < -0.4 is 0 Å². The van der Waals surface area contributed by atoms with E-state index in [-0.39, 0.29) is 0 Å². The molecule has 0 amide bonds. The summed E-state index contributed by atoms with van der Waals surface area (Å²) in [6.45, 7) is 0. The molecule has 0 spiro atoms. The Morgan fingerprint density at radius 3 is 1.34 bits per heavy atom. The fourth-order valence-corrected chi connectivity index (χ4v) is 8.33. The molecule has 7 nitrogen and oxygen atoms in total. The topological polar surface area (TPSA) is 77.2 Å². The summed E-state index contributed by atoms with van der Waals surface area (Å²) in [4.78, 5) is 14.7. The Labute approximate surface area is 302 Å². The molecule has 0 aliphatic heterocycles. The highest BCUT2D eigenvalue weighted by molar-refractivity contribution is 6.12. The minimum atomic E-state index is 0.551. The van der Waals surface area contributed by atoms with Crippen molar-refractivity contribution in [3.8, 4) is 34.3 Å². The van der Waals surface area contributed by atoms with Gasteiger partial charge < -0.3 is 13.7 Å². The van der Waals surface area contributed by atoms with Crippen LogP contribution in [0, 0.1) is 11.3 Å². The van der Waals surface area contributed by atoms with Crippen molar-refractivity contribution in [2.24, 2.45) is 0 Å². The summed E-state index contributed by atoms with van der Waals surface area (Å²) in [6, 6.07) is 52.6. The van der Waals surface area contributed by atoms with Crippen LogP contribution in [0.15, 0.2) is 164 Å². The number of benzene rings is 5. The van der Waals surface area contributed by atoms with Crippen molar-refractivity contribution >= 4 is 65.8 Å². The zero-order valence-electron chi connectivity index (χ0n) is 28.2. The molecule has 0 radical (unpaired) electrons. The van der Waals surface area contributed by atoms with Crippen LogP contribution in [0.1, 0.15) is 5.56 Å². The lowest BCUT2D eigenvalue weighted by molar-refractivity contribution is 1.07. The van der Waals surface area contributed by atoms with Gasteiger partial charge in [0.05, 0.1) is 72.3 Å². The molecule has 11 aromatic rings. The maximum atomic E-state index is 11.5. The van der Waals surface area contributed by atoms with Crippen molar-refractivity contribution in [3.63, 3.8) is 0 Å². The Hall–Kier alpha value is -7.56. The van der Waals surface area contributed by atoms with E-state index in [1.54, 1.807) is 0 Å². The standard InChI is InChI=1S/C46H27N7/c47-28-33-40(51-34-18-7-4-15-30(34)43-37(51)21-10-24-48-43)27-41(52-35-19-8-5-16-31(35)44-38(52)22-11-25-49-44)46(42(33)29-13-2-1-3-14-29)53-36-20-9-6-17-32(36)45-39(53)23-12-26-50-45/h1-27H. The Balaban J connectivity index is 1.44. The molecule has 0 unspecified atom stereocenters. The first kappa shape index (κ1) is 29.2. The van der Waals surface area contributed by atoms with Crippen LogP contribution in [0.4, 0.5) is 0 Å². The third-order valence-corrected chi connectivity index (χ3v) is 10.4. The number of rotatable bonds is 4. The lowest BCUT2D eigenvalue weighted by Crippen LogP contribution is -2.11. The predicted octanol–water partition coefficient (Wildman–Crippen LogP) is 10.7. The lowest BCUT2D eigenvalue weighted by Gasteiger charge is -2.24. The second kappa shape index (κ2) is 11.2. The maximum Gasteiger partial charge on any atom is 0.102 e. The van der Waals surface area contributed by atoms with Gasteiger partial charge >= 0.3 is 0 Å². The molecule has 53 heavy (non-hydrogen) atoms. The van der Waals surface area contributed by atoms with Crippen molar-refractivity contribution in [1.29, 1.82) is 5.26 Å². The van der Waals surface area contributed by atoms with Crippen LogP contribution in [0.2, 0.25) is 0 Å². The molecule has 5 aromatic carbocycles. The molecule has 6 aromatic heterocycles. The third kappa shape index (κ3) is 4.06. The van der Waals surface area contributed by atoms with Gasteiger partial charge in [0, 0.05) is 40.3 Å². The van der Waals surface area contributed by atoms with Gasteiger partial charge in [0.25, 0.3) is 0 Å². The summed E-state index contributed by atoms with van der Waals surface area (Å²) >= 11 is 0. The van der Waals surface area contributed by atoms with Crippen molar-refractivity contribution in [1.82, 2.24) is 28.7 Å². The van der Waals surface area contributed by atoms with Gasteiger partial charge in [-0.1, -0.05) is 84.9 Å². The van der Waals surface area contributed by atoms with Crippen LogP contribution in [0.3, 0.4) is 0 Å². The molecule has 246 valence electrons. The largest absolute Gasteiger partial charge is 0.306 e. The van der Waals surface area contributed by atoms with E-state index in [1.165, 1.54) is 0 Å². The van der Waals surface area contributed by atoms with Gasteiger partial charge in [0.2, 0.25) is 0 Å². The molecule has 0 atom stereocenters. The van der Waals surface area contributed by atoms with Crippen molar-refractivity contribution < 1.29 is 0 Å². The fraction of sp³-hybridized carbons (Fsp3) is 0. The minimum Gasteiger partial charge on any atom is -0.306 e. The van der Waals surface area contributed by atoms with E-state index < -0.39 is 0 Å². The van der Waals surface area contributed by atoms with Crippen LogP contribution in [-0.2, 0) is 0 Å². The fourth-order valence-electron chi connectivity index (χ4n) is 8.33. The first-order valence-electron chi connectivity index (χ1n) is 17.5. The van der Waals surface area contributed by atoms with E-state index in [0.717, 1.165) is 94.0 Å². The number of hydrogen-bond acceptors (Lipinski definition) is 4. The minimum absolute atomic E-state index is 0.551. The molecular weight excluding hydrogens is 651 g/mol. The molecule has 0 bridgehead atoms. The summed E-state index contributed by atoms with van der Waals surface area (Å²) in [5.41, 5.74) is 13.3. The number of aromatic nitrogens is 6. The van der Waals surface area contributed by atoms with Gasteiger partial charge in [-0.15, -0.1) is 0 Å². The van der Waals surface area contributed by atoms with Crippen molar-refractivity contribution in [2.45, 2.75) is 0 Å². The molecule has 0 N–H and O–H groups in total. The van der Waals surface area contributed by atoms with Crippen LogP contribution >= 0.6 is 0 Å². The molecule has 0 fully saturated rings. The summed E-state index contributed by atoms with van der Waals surface area (Å²) in [6.07, 6.45) is 5.52. The van der Waals surface area contributed by atoms with Gasteiger partial charge in [0.1, 0.15) is 6.07 Å². The Kier molecular flexibility index (Phi) is 6.18. The summed E-state index contributed by atoms with van der Waals surface area (Å²) in [5, 5.41) is 14.6. The number of fused-ring (bicyclic) bond motifs is 9. The van der Waals surface area contributed by atoms with E-state index in [1.807, 2.05) is 67.1 Å². The van der Waals surface area contributed by atoms with Crippen LogP contribution in [0.5, 0.6) is 0 Å². The van der Waals surface area contributed by atoms with E-state index in [9.17, 15) is 5.26 Å². The first-order valence-corrected chi connectivity index (χ1v) is 17.5. The van der Waals surface area contributed by atoms with Gasteiger partial charge in [-0.25, -0.2) is 0 Å². The van der Waals surface area contributed by atoms with Gasteiger partial charge in [-0.2, -0.15) is 5.26 Å². The number of nitrogens with zero attached hydrogens (tertiary/aromatic N) is 7. The SMILES string of the molecule is N#Cc1c(-n2c3ccccc3c3ncccc32)cc(-n2c3ccccc3c3ncccc32)c(-n2c3ccccc3c3ncccc32)c1-c1ccccc1. The lowest BCUT2D eigenvalue weighted by atomic mass is 9.94. The molecule has 0 aliphatic carbocycles. The summed E-state index contributed by atoms with van der Waals surface area (Å²) in [5.74, 6) is 0. The average Bonchev–Trinajstić information content (AvgIpc) is 3.86. The highest BCUT2D eigenvalue weighted by Crippen LogP contribution is 2.46. The summed E-state index contributed by atoms with van der Waals surface area (Å²) < 4.78 is 6.81. The first-order chi connectivity index (χ1) is 26.3. The molecule has 0 saturated heterocycles.